The molecule has 0 heterocycles. The second kappa shape index (κ2) is 4.30. The van der Waals surface area contributed by atoms with Gasteiger partial charge in [-0.3, -0.25) is 0 Å². The molecular weight excluding hydrogens is 144 g/mol. The largest absolute Gasteiger partial charge is 0.0648 e. The first-order valence-corrected chi connectivity index (χ1v) is 4.70. The van der Waals surface area contributed by atoms with Gasteiger partial charge in [0.15, 0.2) is 0 Å². The van der Waals surface area contributed by atoms with Crippen LogP contribution in [-0.2, 0) is 0 Å². The molecule has 0 bridgehead atoms. The average molecular weight is 163 g/mol. The molecule has 0 spiro atoms. The van der Waals surface area contributed by atoms with Crippen molar-refractivity contribution in [3.8, 4) is 0 Å². The maximum absolute atomic E-state index is 8.30. The minimum atomic E-state index is -0.384. The Morgan fingerprint density at radius 2 is 1.83 bits per heavy atom. The number of aryl methyl sites for hydroxylation is 1. The minimum Gasteiger partial charge on any atom is -0.0648 e. The van der Waals surface area contributed by atoms with Crippen molar-refractivity contribution in [2.45, 2.75) is 39.5 Å². The number of rotatable bonds is 3. The van der Waals surface area contributed by atoms with Gasteiger partial charge in [0.2, 0.25) is 0 Å². The van der Waals surface area contributed by atoms with E-state index in [0.717, 1.165) is 12.8 Å². The molecule has 66 valence electrons. The Labute approximate surface area is 77.0 Å². The first kappa shape index (κ1) is 7.85. The van der Waals surface area contributed by atoms with Crippen molar-refractivity contribution >= 4 is 0 Å². The third-order valence-electron chi connectivity index (χ3n) is 2.38. The summed E-state index contributed by atoms with van der Waals surface area (Å²) >= 11 is 0. The fourth-order valence-electron chi connectivity index (χ4n) is 1.60. The normalized spacial score (nSPS) is 12.8. The Balaban J connectivity index is 3.12. The van der Waals surface area contributed by atoms with Crippen LogP contribution in [0.2, 0.25) is 0 Å². The summed E-state index contributed by atoms with van der Waals surface area (Å²) in [5, 5.41) is 0. The Morgan fingerprint density at radius 1 is 1.25 bits per heavy atom. The molecule has 0 atom stereocenters. The topological polar surface area (TPSA) is 0 Å². The lowest BCUT2D eigenvalue weighted by Gasteiger charge is -2.14. The van der Waals surface area contributed by atoms with Crippen LogP contribution in [0.5, 0.6) is 0 Å². The molecule has 0 aliphatic rings. The Bertz CT molecular complexity index is 274. The Hall–Kier alpha value is -0.780. The summed E-state index contributed by atoms with van der Waals surface area (Å²) in [7, 11) is 0. The molecule has 0 aliphatic carbocycles. The van der Waals surface area contributed by atoms with E-state index in [1.165, 1.54) is 11.1 Å². The van der Waals surface area contributed by atoms with Crippen LogP contribution in [0.4, 0.5) is 0 Å². The van der Waals surface area contributed by atoms with Gasteiger partial charge in [0.1, 0.15) is 0 Å². The van der Waals surface area contributed by atoms with Gasteiger partial charge in [-0.2, -0.15) is 0 Å². The van der Waals surface area contributed by atoms with Gasteiger partial charge in [0.25, 0.3) is 0 Å². The summed E-state index contributed by atoms with van der Waals surface area (Å²) in [4.78, 5) is 0. The summed E-state index contributed by atoms with van der Waals surface area (Å²) in [6.07, 6.45) is 1.77. The van der Waals surface area contributed by atoms with Crippen molar-refractivity contribution in [1.29, 1.82) is 0 Å². The van der Waals surface area contributed by atoms with E-state index >= 15 is 0 Å². The van der Waals surface area contributed by atoms with Crippen LogP contribution >= 0.6 is 0 Å². The molecule has 1 rings (SSSR count). The van der Waals surface area contributed by atoms with Crippen LogP contribution in [0.25, 0.3) is 0 Å². The smallest absolute Gasteiger partial charge is 0.0352 e. The predicted octanol–water partition coefficient (Wildman–Crippen LogP) is 3.90. The third-order valence-corrected chi connectivity index (χ3v) is 2.38. The highest BCUT2D eigenvalue weighted by molar-refractivity contribution is 5.28. The molecule has 0 fully saturated rings. The van der Waals surface area contributed by atoms with Crippen LogP contribution in [0.15, 0.2) is 24.3 Å². The Morgan fingerprint density at radius 3 is 2.33 bits per heavy atom. The predicted molar refractivity (Wildman–Crippen MR) is 54.5 cm³/mol. The van der Waals surface area contributed by atoms with Crippen molar-refractivity contribution < 1.29 is 1.37 Å². The molecule has 0 nitrogen and oxygen atoms in total. The zero-order valence-corrected chi connectivity index (χ0v) is 8.22. The highest BCUT2D eigenvalue weighted by Crippen LogP contribution is 2.25. The van der Waals surface area contributed by atoms with E-state index in [-0.39, 0.29) is 5.89 Å². The molecule has 1 aromatic carbocycles. The van der Waals surface area contributed by atoms with E-state index in [9.17, 15) is 0 Å². The summed E-state index contributed by atoms with van der Waals surface area (Å²) in [5.74, 6) is -0.384. The van der Waals surface area contributed by atoms with E-state index in [4.69, 9.17) is 1.37 Å². The molecule has 0 aliphatic heterocycles. The third kappa shape index (κ3) is 1.88. The van der Waals surface area contributed by atoms with Gasteiger partial charge in [-0.1, -0.05) is 38.1 Å². The van der Waals surface area contributed by atoms with Crippen molar-refractivity contribution in [2.75, 3.05) is 0 Å². The quantitative estimate of drug-likeness (QED) is 0.634. The second-order valence-electron chi connectivity index (χ2n) is 3.13. The first-order valence-electron chi connectivity index (χ1n) is 5.20. The van der Waals surface area contributed by atoms with E-state index in [2.05, 4.69) is 32.9 Å². The minimum absolute atomic E-state index is 0.384. The molecule has 0 unspecified atom stereocenters. The molecule has 1 aromatic rings. The fourth-order valence-corrected chi connectivity index (χ4v) is 1.60. The molecule has 0 saturated carbocycles. The van der Waals surface area contributed by atoms with Gasteiger partial charge in [-0.15, -0.1) is 0 Å². The van der Waals surface area contributed by atoms with Gasteiger partial charge < -0.3 is 0 Å². The zero-order chi connectivity index (χ0) is 9.90. The van der Waals surface area contributed by atoms with Crippen molar-refractivity contribution in [3.63, 3.8) is 0 Å². The molecule has 0 radical (unpaired) electrons. The van der Waals surface area contributed by atoms with E-state index < -0.39 is 0 Å². The molecule has 12 heavy (non-hydrogen) atoms. The molecular formula is C12H18. The summed E-state index contributed by atoms with van der Waals surface area (Å²) in [5.41, 5.74) is 2.42. The summed E-state index contributed by atoms with van der Waals surface area (Å²) in [6, 6.07) is 8.22. The van der Waals surface area contributed by atoms with Gasteiger partial charge in [0, 0.05) is 1.37 Å². The standard InChI is InChI=1S/C12H18/c1-4-11(5-2)12-9-7-6-8-10(12)3/h6-9,11H,4-5H2,1-3H3/i11D. The van der Waals surface area contributed by atoms with Crippen LogP contribution in [0.3, 0.4) is 0 Å². The fraction of sp³-hybridized carbons (Fsp3) is 0.500. The molecule has 0 N–H and O–H groups in total. The SMILES string of the molecule is [2H]C(CC)(CC)c1ccccc1C. The first-order chi connectivity index (χ1) is 6.14. The van der Waals surface area contributed by atoms with Crippen LogP contribution in [0.1, 0.15) is 45.1 Å². The molecule has 0 saturated heterocycles. The van der Waals surface area contributed by atoms with E-state index in [0.29, 0.717) is 0 Å². The Kier molecular flexibility index (Phi) is 2.81. The molecule has 0 aromatic heterocycles. The highest BCUT2D eigenvalue weighted by atomic mass is 14.1. The lowest BCUT2D eigenvalue weighted by Crippen LogP contribution is -1.97. The number of benzene rings is 1. The van der Waals surface area contributed by atoms with Gasteiger partial charge >= 0.3 is 0 Å². The summed E-state index contributed by atoms with van der Waals surface area (Å²) in [6.45, 7) is 6.26. The van der Waals surface area contributed by atoms with Gasteiger partial charge in [-0.05, 0) is 36.8 Å². The van der Waals surface area contributed by atoms with Crippen LogP contribution < -0.4 is 0 Å². The second-order valence-corrected chi connectivity index (χ2v) is 3.13. The monoisotopic (exact) mass is 163 g/mol. The van der Waals surface area contributed by atoms with Crippen molar-refractivity contribution in [1.82, 2.24) is 0 Å². The van der Waals surface area contributed by atoms with Crippen LogP contribution in [-0.4, -0.2) is 0 Å². The maximum atomic E-state index is 8.30. The van der Waals surface area contributed by atoms with Gasteiger partial charge in [-0.25, -0.2) is 0 Å². The molecule has 0 amide bonds. The lowest BCUT2D eigenvalue weighted by atomic mass is 9.91. The zero-order valence-electron chi connectivity index (χ0n) is 9.22. The van der Waals surface area contributed by atoms with Crippen LogP contribution in [0, 0.1) is 6.92 Å². The number of hydrogen-bond acceptors (Lipinski definition) is 0. The molecule has 0 heteroatoms. The van der Waals surface area contributed by atoms with E-state index in [1.807, 2.05) is 12.1 Å². The summed E-state index contributed by atoms with van der Waals surface area (Å²) < 4.78 is 8.30. The highest BCUT2D eigenvalue weighted by Gasteiger charge is 2.07. The maximum Gasteiger partial charge on any atom is 0.0352 e. The lowest BCUT2D eigenvalue weighted by molar-refractivity contribution is 0.638. The van der Waals surface area contributed by atoms with E-state index in [1.54, 1.807) is 0 Å². The van der Waals surface area contributed by atoms with Gasteiger partial charge in [0.05, 0.1) is 0 Å². The number of hydrogen-bond donors (Lipinski definition) is 0. The average Bonchev–Trinajstić information content (AvgIpc) is 2.17. The van der Waals surface area contributed by atoms with Crippen molar-refractivity contribution in [2.24, 2.45) is 0 Å². The van der Waals surface area contributed by atoms with Crippen molar-refractivity contribution in [3.05, 3.63) is 35.4 Å².